The van der Waals surface area contributed by atoms with E-state index in [1.807, 2.05) is 0 Å². The van der Waals surface area contributed by atoms with Crippen LogP contribution < -0.4 is 0 Å². The molecule has 0 aromatic heterocycles. The van der Waals surface area contributed by atoms with Crippen molar-refractivity contribution in [3.63, 3.8) is 0 Å². The molecule has 2 heterocycles. The van der Waals surface area contributed by atoms with E-state index >= 15 is 0 Å². The van der Waals surface area contributed by atoms with Gasteiger partial charge in [0.25, 0.3) is 0 Å². The average Bonchev–Trinajstić information content (AvgIpc) is 2.47. The van der Waals surface area contributed by atoms with Crippen LogP contribution in [0.4, 0.5) is 0 Å². The monoisotopic (exact) mass is 158 g/mol. The second-order valence-corrected chi connectivity index (χ2v) is 3.15. The zero-order valence-corrected chi connectivity index (χ0v) is 6.79. The quantitative estimate of drug-likeness (QED) is 0.564. The van der Waals surface area contributed by atoms with Gasteiger partial charge in [-0.25, -0.2) is 0 Å². The van der Waals surface area contributed by atoms with Crippen LogP contribution in [0, 0.1) is 5.92 Å². The van der Waals surface area contributed by atoms with E-state index in [-0.39, 0.29) is 12.4 Å². The van der Waals surface area contributed by atoms with Crippen molar-refractivity contribution in [1.82, 2.24) is 0 Å². The first-order valence-corrected chi connectivity index (χ1v) is 4.18. The zero-order valence-electron chi connectivity index (χ0n) is 6.79. The Morgan fingerprint density at radius 2 is 2.27 bits per heavy atom. The topological polar surface area (TPSA) is 27.7 Å². The molecule has 0 spiro atoms. The highest BCUT2D eigenvalue weighted by molar-refractivity contribution is 4.81. The minimum absolute atomic E-state index is 0.0219. The molecule has 0 aromatic carbocycles. The Balaban J connectivity index is 1.98. The standard InChI is InChI=1S/C8H14O3/c1-9-7-5-11-8-6(7)3-2-4-10-8/h6-8H,2-5H2,1H3/t6-,7+,8+/m1/s1. The van der Waals surface area contributed by atoms with Crippen LogP contribution in [0.5, 0.6) is 0 Å². The lowest BCUT2D eigenvalue weighted by Crippen LogP contribution is -2.31. The molecule has 0 radical (unpaired) electrons. The second kappa shape index (κ2) is 3.09. The fourth-order valence-corrected chi connectivity index (χ4v) is 1.87. The van der Waals surface area contributed by atoms with Gasteiger partial charge < -0.3 is 14.2 Å². The normalized spacial score (nSPS) is 43.9. The molecule has 0 N–H and O–H groups in total. The van der Waals surface area contributed by atoms with E-state index in [0.29, 0.717) is 12.5 Å². The molecule has 2 rings (SSSR count). The van der Waals surface area contributed by atoms with Crippen molar-refractivity contribution in [2.24, 2.45) is 5.92 Å². The molecule has 3 nitrogen and oxygen atoms in total. The van der Waals surface area contributed by atoms with Crippen LogP contribution in [0.2, 0.25) is 0 Å². The Kier molecular flexibility index (Phi) is 2.11. The van der Waals surface area contributed by atoms with Gasteiger partial charge in [-0.2, -0.15) is 0 Å². The van der Waals surface area contributed by atoms with Crippen molar-refractivity contribution in [2.45, 2.75) is 25.2 Å². The Labute approximate surface area is 66.6 Å². The summed E-state index contributed by atoms with van der Waals surface area (Å²) in [4.78, 5) is 0. The maximum Gasteiger partial charge on any atom is 0.163 e. The maximum atomic E-state index is 5.43. The summed E-state index contributed by atoms with van der Waals surface area (Å²) in [5, 5.41) is 0. The lowest BCUT2D eigenvalue weighted by atomic mass is 9.97. The molecule has 0 bridgehead atoms. The second-order valence-electron chi connectivity index (χ2n) is 3.15. The number of ether oxygens (including phenoxy) is 3. The van der Waals surface area contributed by atoms with Gasteiger partial charge in [-0.15, -0.1) is 0 Å². The summed E-state index contributed by atoms with van der Waals surface area (Å²) < 4.78 is 16.1. The number of hydrogen-bond donors (Lipinski definition) is 0. The molecule has 2 fully saturated rings. The molecular formula is C8H14O3. The predicted octanol–water partition coefficient (Wildman–Crippen LogP) is 0.784. The van der Waals surface area contributed by atoms with Gasteiger partial charge in [0.15, 0.2) is 6.29 Å². The van der Waals surface area contributed by atoms with Crippen LogP contribution in [0.15, 0.2) is 0 Å². The van der Waals surface area contributed by atoms with Gasteiger partial charge in [0, 0.05) is 19.6 Å². The zero-order chi connectivity index (χ0) is 7.68. The van der Waals surface area contributed by atoms with E-state index in [4.69, 9.17) is 14.2 Å². The minimum atomic E-state index is 0.0219. The van der Waals surface area contributed by atoms with Crippen LogP contribution >= 0.6 is 0 Å². The molecular weight excluding hydrogens is 144 g/mol. The van der Waals surface area contributed by atoms with Gasteiger partial charge in [0.05, 0.1) is 12.7 Å². The van der Waals surface area contributed by atoms with E-state index in [1.165, 1.54) is 6.42 Å². The molecule has 2 aliphatic heterocycles. The predicted molar refractivity (Wildman–Crippen MR) is 39.2 cm³/mol. The fourth-order valence-electron chi connectivity index (χ4n) is 1.87. The number of rotatable bonds is 1. The highest BCUT2D eigenvalue weighted by Gasteiger charge is 2.39. The molecule has 11 heavy (non-hydrogen) atoms. The van der Waals surface area contributed by atoms with Crippen molar-refractivity contribution in [1.29, 1.82) is 0 Å². The Hall–Kier alpha value is -0.120. The molecule has 0 saturated carbocycles. The smallest absolute Gasteiger partial charge is 0.163 e. The summed E-state index contributed by atoms with van der Waals surface area (Å²) >= 11 is 0. The summed E-state index contributed by atoms with van der Waals surface area (Å²) in [5.41, 5.74) is 0. The SMILES string of the molecule is CO[C@H]1CO[C@@H]2OCCC[C@@H]21. The first-order chi connectivity index (χ1) is 5.42. The fraction of sp³-hybridized carbons (Fsp3) is 1.00. The van der Waals surface area contributed by atoms with Crippen LogP contribution in [0.25, 0.3) is 0 Å². The third-order valence-corrected chi connectivity index (χ3v) is 2.52. The summed E-state index contributed by atoms with van der Waals surface area (Å²) in [6.45, 7) is 1.55. The van der Waals surface area contributed by atoms with E-state index < -0.39 is 0 Å². The highest BCUT2D eigenvalue weighted by Crippen LogP contribution is 2.31. The summed E-state index contributed by atoms with van der Waals surface area (Å²) in [5.74, 6) is 0.480. The molecule has 2 saturated heterocycles. The Morgan fingerprint density at radius 3 is 3.09 bits per heavy atom. The lowest BCUT2D eigenvalue weighted by Gasteiger charge is -2.26. The molecule has 2 aliphatic rings. The minimum Gasteiger partial charge on any atom is -0.379 e. The lowest BCUT2D eigenvalue weighted by molar-refractivity contribution is -0.152. The Morgan fingerprint density at radius 1 is 1.36 bits per heavy atom. The molecule has 64 valence electrons. The van der Waals surface area contributed by atoms with Crippen LogP contribution in [-0.2, 0) is 14.2 Å². The highest BCUT2D eigenvalue weighted by atomic mass is 16.7. The van der Waals surface area contributed by atoms with Crippen LogP contribution in [0.3, 0.4) is 0 Å². The summed E-state index contributed by atoms with van der Waals surface area (Å²) in [6.07, 6.45) is 2.61. The summed E-state index contributed by atoms with van der Waals surface area (Å²) in [6, 6.07) is 0. The van der Waals surface area contributed by atoms with Crippen LogP contribution in [-0.4, -0.2) is 32.7 Å². The van der Waals surface area contributed by atoms with Gasteiger partial charge in [0.1, 0.15) is 0 Å². The number of fused-ring (bicyclic) bond motifs is 1. The molecule has 3 heteroatoms. The van der Waals surface area contributed by atoms with Gasteiger partial charge in [-0.3, -0.25) is 0 Å². The number of hydrogen-bond acceptors (Lipinski definition) is 3. The first-order valence-electron chi connectivity index (χ1n) is 4.18. The third-order valence-electron chi connectivity index (χ3n) is 2.52. The van der Waals surface area contributed by atoms with E-state index in [2.05, 4.69) is 0 Å². The largest absolute Gasteiger partial charge is 0.379 e. The number of methoxy groups -OCH3 is 1. The van der Waals surface area contributed by atoms with Crippen molar-refractivity contribution in [3.8, 4) is 0 Å². The van der Waals surface area contributed by atoms with Gasteiger partial charge >= 0.3 is 0 Å². The molecule has 0 aromatic rings. The molecule has 0 unspecified atom stereocenters. The van der Waals surface area contributed by atoms with E-state index in [1.54, 1.807) is 7.11 Å². The maximum absolute atomic E-state index is 5.43. The molecule has 0 amide bonds. The molecule has 0 aliphatic carbocycles. The first kappa shape index (κ1) is 7.53. The molecule has 3 atom stereocenters. The van der Waals surface area contributed by atoms with Crippen molar-refractivity contribution in [3.05, 3.63) is 0 Å². The average molecular weight is 158 g/mol. The Bertz CT molecular complexity index is 131. The van der Waals surface area contributed by atoms with Gasteiger partial charge in [0.2, 0.25) is 0 Å². The van der Waals surface area contributed by atoms with Crippen molar-refractivity contribution in [2.75, 3.05) is 20.3 Å². The van der Waals surface area contributed by atoms with Gasteiger partial charge in [-0.05, 0) is 12.8 Å². The third kappa shape index (κ3) is 1.28. The van der Waals surface area contributed by atoms with E-state index in [9.17, 15) is 0 Å². The van der Waals surface area contributed by atoms with Crippen molar-refractivity contribution < 1.29 is 14.2 Å². The van der Waals surface area contributed by atoms with Gasteiger partial charge in [-0.1, -0.05) is 0 Å². The summed E-state index contributed by atoms with van der Waals surface area (Å²) in [7, 11) is 1.74. The van der Waals surface area contributed by atoms with Crippen LogP contribution in [0.1, 0.15) is 12.8 Å². The van der Waals surface area contributed by atoms with E-state index in [0.717, 1.165) is 13.0 Å². The van der Waals surface area contributed by atoms with Crippen molar-refractivity contribution >= 4 is 0 Å².